The smallest absolute Gasteiger partial charge is 0.355 e. The molecule has 0 spiro atoms. The van der Waals surface area contributed by atoms with Crippen LogP contribution in [-0.2, 0) is 6.18 Å². The topological polar surface area (TPSA) is 48.7 Å². The van der Waals surface area contributed by atoms with Crippen LogP contribution in [0.25, 0.3) is 22.2 Å². The van der Waals surface area contributed by atoms with Crippen LogP contribution < -0.4 is 5.32 Å². The summed E-state index contributed by atoms with van der Waals surface area (Å²) in [5.74, 6) is 0. The van der Waals surface area contributed by atoms with Crippen LogP contribution in [0.5, 0.6) is 0 Å². The monoisotopic (exact) mass is 389 g/mol. The molecule has 0 unspecified atom stereocenters. The van der Waals surface area contributed by atoms with Crippen LogP contribution in [-0.4, -0.2) is 4.98 Å². The van der Waals surface area contributed by atoms with Gasteiger partial charge in [-0.05, 0) is 36.4 Å². The van der Waals surface area contributed by atoms with Gasteiger partial charge in [-0.1, -0.05) is 42.5 Å². The average Bonchev–Trinajstić information content (AvgIpc) is 2.73. The van der Waals surface area contributed by atoms with Crippen molar-refractivity contribution in [3.8, 4) is 17.3 Å². The van der Waals surface area contributed by atoms with Crippen molar-refractivity contribution in [2.75, 3.05) is 5.32 Å². The Morgan fingerprint density at radius 2 is 1.62 bits per heavy atom. The summed E-state index contributed by atoms with van der Waals surface area (Å²) in [5, 5.41) is 13.1. The number of aromatic nitrogens is 1. The van der Waals surface area contributed by atoms with Crippen molar-refractivity contribution < 1.29 is 13.2 Å². The van der Waals surface area contributed by atoms with Gasteiger partial charge in [0.1, 0.15) is 0 Å². The van der Waals surface area contributed by atoms with Crippen molar-refractivity contribution in [3.05, 3.63) is 90.0 Å². The predicted octanol–water partition coefficient (Wildman–Crippen LogP) is 6.54. The molecule has 4 aromatic rings. The zero-order chi connectivity index (χ0) is 20.4. The van der Waals surface area contributed by atoms with Crippen LogP contribution in [0.4, 0.5) is 24.5 Å². The first kappa shape index (κ1) is 18.5. The van der Waals surface area contributed by atoms with Gasteiger partial charge in [-0.15, -0.1) is 0 Å². The molecule has 0 fully saturated rings. The summed E-state index contributed by atoms with van der Waals surface area (Å²) in [6.07, 6.45) is -4.49. The Labute approximate surface area is 165 Å². The Morgan fingerprint density at radius 1 is 0.862 bits per heavy atom. The number of hydrogen-bond acceptors (Lipinski definition) is 3. The van der Waals surface area contributed by atoms with E-state index < -0.39 is 11.7 Å². The largest absolute Gasteiger partial charge is 0.417 e. The van der Waals surface area contributed by atoms with E-state index in [4.69, 9.17) is 5.26 Å². The Balaban J connectivity index is 1.90. The quantitative estimate of drug-likeness (QED) is 0.433. The minimum Gasteiger partial charge on any atom is -0.355 e. The average molecular weight is 389 g/mol. The minimum absolute atomic E-state index is 0.0135. The Hall–Kier alpha value is -3.85. The van der Waals surface area contributed by atoms with Crippen molar-refractivity contribution >= 4 is 22.3 Å². The van der Waals surface area contributed by atoms with Crippen LogP contribution in [0, 0.1) is 11.3 Å². The van der Waals surface area contributed by atoms with Gasteiger partial charge in [0.05, 0.1) is 34.1 Å². The standard InChI is InChI=1S/C23H14F3N3/c24-23(25,26)19-10-3-1-8-17(19)21-13-22(18-9-2-4-11-20(18)29-21)28-16-7-5-6-15(12-16)14-27/h1-13H,(H,28,29). The van der Waals surface area contributed by atoms with Crippen LogP contribution >= 0.6 is 0 Å². The fourth-order valence-electron chi connectivity index (χ4n) is 3.19. The maximum Gasteiger partial charge on any atom is 0.417 e. The normalized spacial score (nSPS) is 11.2. The van der Waals surface area contributed by atoms with E-state index in [-0.39, 0.29) is 11.3 Å². The van der Waals surface area contributed by atoms with Crippen molar-refractivity contribution in [3.63, 3.8) is 0 Å². The summed E-state index contributed by atoms with van der Waals surface area (Å²) >= 11 is 0. The van der Waals surface area contributed by atoms with E-state index in [1.54, 1.807) is 48.5 Å². The fourth-order valence-corrected chi connectivity index (χ4v) is 3.19. The number of fused-ring (bicyclic) bond motifs is 1. The van der Waals surface area contributed by atoms with E-state index in [2.05, 4.69) is 16.4 Å². The summed E-state index contributed by atoms with van der Waals surface area (Å²) in [5.41, 5.74) is 1.82. The summed E-state index contributed by atoms with van der Waals surface area (Å²) in [6, 6.07) is 23.2. The molecule has 0 amide bonds. The van der Waals surface area contributed by atoms with E-state index in [0.717, 1.165) is 11.5 Å². The molecule has 0 bridgehead atoms. The number of nitrogens with zero attached hydrogens (tertiary/aromatic N) is 2. The van der Waals surface area contributed by atoms with Crippen molar-refractivity contribution in [1.82, 2.24) is 4.98 Å². The lowest BCUT2D eigenvalue weighted by molar-refractivity contribution is -0.137. The number of halogens is 3. The number of benzene rings is 3. The molecule has 0 radical (unpaired) electrons. The third-order valence-electron chi connectivity index (χ3n) is 4.50. The van der Waals surface area contributed by atoms with Crippen molar-refractivity contribution in [2.45, 2.75) is 6.18 Å². The summed E-state index contributed by atoms with van der Waals surface area (Å²) in [7, 11) is 0. The maximum atomic E-state index is 13.5. The van der Waals surface area contributed by atoms with Gasteiger partial charge in [-0.2, -0.15) is 18.4 Å². The predicted molar refractivity (Wildman–Crippen MR) is 107 cm³/mol. The van der Waals surface area contributed by atoms with Gasteiger partial charge >= 0.3 is 6.18 Å². The maximum absolute atomic E-state index is 13.5. The lowest BCUT2D eigenvalue weighted by atomic mass is 10.0. The highest BCUT2D eigenvalue weighted by Crippen LogP contribution is 2.38. The zero-order valence-electron chi connectivity index (χ0n) is 15.0. The zero-order valence-corrected chi connectivity index (χ0v) is 15.0. The molecule has 142 valence electrons. The molecule has 29 heavy (non-hydrogen) atoms. The van der Waals surface area contributed by atoms with E-state index in [0.29, 0.717) is 22.5 Å². The fraction of sp³-hybridized carbons (Fsp3) is 0.0435. The second kappa shape index (κ2) is 7.28. The first-order valence-corrected chi connectivity index (χ1v) is 8.79. The summed E-state index contributed by atoms with van der Waals surface area (Å²) in [4.78, 5) is 4.46. The Kier molecular flexibility index (Phi) is 4.65. The Morgan fingerprint density at radius 3 is 2.41 bits per heavy atom. The summed E-state index contributed by atoms with van der Waals surface area (Å²) < 4.78 is 40.5. The molecular weight excluding hydrogens is 375 g/mol. The van der Waals surface area contributed by atoms with Crippen molar-refractivity contribution in [2.24, 2.45) is 0 Å². The molecule has 6 heteroatoms. The second-order valence-electron chi connectivity index (χ2n) is 6.43. The van der Waals surface area contributed by atoms with Gasteiger partial charge in [-0.25, -0.2) is 4.98 Å². The van der Waals surface area contributed by atoms with Gasteiger partial charge in [0, 0.05) is 16.6 Å². The highest BCUT2D eigenvalue weighted by Gasteiger charge is 2.33. The highest BCUT2D eigenvalue weighted by molar-refractivity contribution is 5.95. The second-order valence-corrected chi connectivity index (χ2v) is 6.43. The van der Waals surface area contributed by atoms with E-state index in [1.807, 2.05) is 12.1 Å². The van der Waals surface area contributed by atoms with Gasteiger partial charge in [-0.3, -0.25) is 0 Å². The highest BCUT2D eigenvalue weighted by atomic mass is 19.4. The number of para-hydroxylation sites is 1. The molecule has 3 aromatic carbocycles. The number of hydrogen-bond donors (Lipinski definition) is 1. The molecule has 0 aliphatic heterocycles. The molecule has 0 atom stereocenters. The number of nitriles is 1. The summed E-state index contributed by atoms with van der Waals surface area (Å²) in [6.45, 7) is 0. The van der Waals surface area contributed by atoms with Gasteiger partial charge in [0.2, 0.25) is 0 Å². The molecule has 0 saturated heterocycles. The molecule has 1 N–H and O–H groups in total. The van der Waals surface area contributed by atoms with Crippen molar-refractivity contribution in [1.29, 1.82) is 5.26 Å². The van der Waals surface area contributed by atoms with Gasteiger partial charge < -0.3 is 5.32 Å². The number of nitrogens with one attached hydrogen (secondary N) is 1. The van der Waals surface area contributed by atoms with Crippen LogP contribution in [0.15, 0.2) is 78.9 Å². The molecular formula is C23H14F3N3. The molecule has 1 aromatic heterocycles. The lowest BCUT2D eigenvalue weighted by Gasteiger charge is -2.15. The third-order valence-corrected chi connectivity index (χ3v) is 4.50. The minimum atomic E-state index is -4.49. The van der Waals surface area contributed by atoms with Crippen LogP contribution in [0.2, 0.25) is 0 Å². The number of alkyl halides is 3. The lowest BCUT2D eigenvalue weighted by Crippen LogP contribution is -2.07. The van der Waals surface area contributed by atoms with E-state index in [1.165, 1.54) is 12.1 Å². The number of rotatable bonds is 3. The first-order valence-electron chi connectivity index (χ1n) is 8.79. The van der Waals surface area contributed by atoms with Crippen LogP contribution in [0.3, 0.4) is 0 Å². The first-order chi connectivity index (χ1) is 14.0. The van der Waals surface area contributed by atoms with E-state index in [9.17, 15) is 13.2 Å². The molecule has 3 nitrogen and oxygen atoms in total. The molecule has 0 aliphatic rings. The Bertz CT molecular complexity index is 1240. The van der Waals surface area contributed by atoms with Gasteiger partial charge in [0.25, 0.3) is 0 Å². The van der Waals surface area contributed by atoms with E-state index >= 15 is 0 Å². The van der Waals surface area contributed by atoms with Crippen LogP contribution in [0.1, 0.15) is 11.1 Å². The molecule has 4 rings (SSSR count). The molecule has 0 aliphatic carbocycles. The molecule has 1 heterocycles. The van der Waals surface area contributed by atoms with Gasteiger partial charge in [0.15, 0.2) is 0 Å². The number of pyridine rings is 1. The molecule has 0 saturated carbocycles. The third kappa shape index (κ3) is 3.76. The SMILES string of the molecule is N#Cc1cccc(Nc2cc(-c3ccccc3C(F)(F)F)nc3ccccc23)c1. The number of anilines is 2.